The lowest BCUT2D eigenvalue weighted by Crippen LogP contribution is -2.31. The summed E-state index contributed by atoms with van der Waals surface area (Å²) in [5.74, 6) is 6.20. The number of rotatable bonds is 4. The van der Waals surface area contributed by atoms with Crippen molar-refractivity contribution in [3.63, 3.8) is 0 Å². The van der Waals surface area contributed by atoms with Gasteiger partial charge in [-0.05, 0) is 18.8 Å². The van der Waals surface area contributed by atoms with Crippen molar-refractivity contribution in [2.45, 2.75) is 25.7 Å². The van der Waals surface area contributed by atoms with Gasteiger partial charge in [-0.3, -0.25) is 4.79 Å². The number of hydrogen-bond donors (Lipinski definition) is 2. The van der Waals surface area contributed by atoms with Crippen LogP contribution < -0.4 is 11.3 Å². The highest BCUT2D eigenvalue weighted by molar-refractivity contribution is 5.91. The van der Waals surface area contributed by atoms with E-state index in [0.29, 0.717) is 17.4 Å². The van der Waals surface area contributed by atoms with Gasteiger partial charge < -0.3 is 10.3 Å². The summed E-state index contributed by atoms with van der Waals surface area (Å²) >= 11 is 0. The predicted molar refractivity (Wildman–Crippen MR) is 68.8 cm³/mol. The number of nitrogens with zero attached hydrogens (tertiary/aromatic N) is 3. The van der Waals surface area contributed by atoms with Gasteiger partial charge in [0, 0.05) is 13.6 Å². The Bertz CT molecular complexity index is 399. The second-order valence-electron chi connectivity index (χ2n) is 4.77. The van der Waals surface area contributed by atoms with Crippen molar-refractivity contribution in [3.05, 3.63) is 18.1 Å². The minimum Gasteiger partial charge on any atom is -0.340 e. The van der Waals surface area contributed by atoms with E-state index in [9.17, 15) is 4.79 Å². The van der Waals surface area contributed by atoms with Crippen LogP contribution in [0.4, 0.5) is 5.82 Å². The van der Waals surface area contributed by atoms with Crippen molar-refractivity contribution in [2.75, 3.05) is 19.0 Å². The predicted octanol–water partition coefficient (Wildman–Crippen LogP) is 1.02. The average molecular weight is 249 g/mol. The van der Waals surface area contributed by atoms with E-state index in [1.807, 2.05) is 7.05 Å². The van der Waals surface area contributed by atoms with E-state index in [1.165, 1.54) is 38.1 Å². The summed E-state index contributed by atoms with van der Waals surface area (Å²) in [7, 11) is 1.82. The molecule has 6 nitrogen and oxygen atoms in total. The van der Waals surface area contributed by atoms with Gasteiger partial charge in [-0.15, -0.1) is 0 Å². The molecule has 1 amide bonds. The first-order valence-electron chi connectivity index (χ1n) is 6.25. The third kappa shape index (κ3) is 2.95. The second kappa shape index (κ2) is 5.77. The summed E-state index contributed by atoms with van der Waals surface area (Å²) in [5, 5.41) is 0. The number of hydrogen-bond acceptors (Lipinski definition) is 5. The molecule has 1 saturated carbocycles. The van der Waals surface area contributed by atoms with Crippen LogP contribution >= 0.6 is 0 Å². The molecule has 1 aromatic rings. The Morgan fingerprint density at radius 1 is 1.44 bits per heavy atom. The molecular weight excluding hydrogens is 230 g/mol. The fourth-order valence-corrected chi connectivity index (χ4v) is 2.37. The Hall–Kier alpha value is -1.69. The Morgan fingerprint density at radius 2 is 2.17 bits per heavy atom. The number of nitrogens with two attached hydrogens (primary N) is 1. The van der Waals surface area contributed by atoms with Crippen LogP contribution in [0.15, 0.2) is 12.4 Å². The largest absolute Gasteiger partial charge is 0.340 e. The molecule has 1 fully saturated rings. The Balaban J connectivity index is 1.95. The van der Waals surface area contributed by atoms with E-state index in [4.69, 9.17) is 5.84 Å². The molecule has 1 aromatic heterocycles. The number of amides is 1. The van der Waals surface area contributed by atoms with Gasteiger partial charge in [0.15, 0.2) is 5.82 Å². The molecule has 0 radical (unpaired) electrons. The van der Waals surface area contributed by atoms with Crippen LogP contribution in [0.1, 0.15) is 36.2 Å². The van der Waals surface area contributed by atoms with E-state index >= 15 is 0 Å². The number of aromatic nitrogens is 2. The quantitative estimate of drug-likeness (QED) is 0.615. The minimum atomic E-state index is -0.0852. The fraction of sp³-hybridized carbons (Fsp3) is 0.583. The summed E-state index contributed by atoms with van der Waals surface area (Å²) in [4.78, 5) is 21.9. The van der Waals surface area contributed by atoms with E-state index in [-0.39, 0.29) is 5.91 Å². The summed E-state index contributed by atoms with van der Waals surface area (Å²) in [6, 6.07) is 0. The number of carbonyl (C=O) groups is 1. The number of carbonyl (C=O) groups excluding carboxylic acids is 1. The van der Waals surface area contributed by atoms with Crippen LogP contribution in [0.25, 0.3) is 0 Å². The SMILES string of the molecule is CN(CC1CCCC1)C(=O)c1cnc(NN)cn1. The number of hydrazine groups is 1. The monoisotopic (exact) mass is 249 g/mol. The zero-order valence-electron chi connectivity index (χ0n) is 10.6. The molecule has 0 bridgehead atoms. The minimum absolute atomic E-state index is 0.0852. The van der Waals surface area contributed by atoms with Crippen LogP contribution in [-0.2, 0) is 0 Å². The lowest BCUT2D eigenvalue weighted by atomic mass is 10.1. The van der Waals surface area contributed by atoms with Crippen molar-refractivity contribution in [1.82, 2.24) is 14.9 Å². The molecule has 0 aromatic carbocycles. The van der Waals surface area contributed by atoms with E-state index in [1.54, 1.807) is 4.90 Å². The standard InChI is InChI=1S/C12H19N5O/c1-17(8-9-4-2-3-5-9)12(18)10-6-15-11(16-13)7-14-10/h6-7,9H,2-5,8,13H2,1H3,(H,15,16). The van der Waals surface area contributed by atoms with Gasteiger partial charge in [-0.25, -0.2) is 15.8 Å². The van der Waals surface area contributed by atoms with Crippen molar-refractivity contribution in [3.8, 4) is 0 Å². The average Bonchev–Trinajstić information content (AvgIpc) is 2.91. The molecule has 1 heterocycles. The van der Waals surface area contributed by atoms with E-state index in [2.05, 4.69) is 15.4 Å². The van der Waals surface area contributed by atoms with Crippen LogP contribution in [-0.4, -0.2) is 34.4 Å². The third-order valence-electron chi connectivity index (χ3n) is 3.37. The second-order valence-corrected chi connectivity index (χ2v) is 4.77. The Kier molecular flexibility index (Phi) is 4.09. The first-order valence-corrected chi connectivity index (χ1v) is 6.25. The zero-order valence-corrected chi connectivity index (χ0v) is 10.6. The Labute approximate surface area is 107 Å². The van der Waals surface area contributed by atoms with E-state index in [0.717, 1.165) is 6.54 Å². The van der Waals surface area contributed by atoms with Crippen LogP contribution in [0, 0.1) is 5.92 Å². The molecule has 1 aliphatic carbocycles. The molecule has 0 saturated heterocycles. The molecule has 0 spiro atoms. The maximum atomic E-state index is 12.1. The topological polar surface area (TPSA) is 84.1 Å². The van der Waals surface area contributed by atoms with Gasteiger partial charge in [0.05, 0.1) is 12.4 Å². The summed E-state index contributed by atoms with van der Waals surface area (Å²) in [5.41, 5.74) is 2.74. The molecular formula is C12H19N5O. The van der Waals surface area contributed by atoms with Gasteiger partial charge in [0.1, 0.15) is 5.69 Å². The maximum absolute atomic E-state index is 12.1. The van der Waals surface area contributed by atoms with Crippen molar-refractivity contribution < 1.29 is 4.79 Å². The highest BCUT2D eigenvalue weighted by Gasteiger charge is 2.20. The molecule has 0 aliphatic heterocycles. The lowest BCUT2D eigenvalue weighted by molar-refractivity contribution is 0.0767. The van der Waals surface area contributed by atoms with Gasteiger partial charge >= 0.3 is 0 Å². The highest BCUT2D eigenvalue weighted by atomic mass is 16.2. The first kappa shape index (κ1) is 12.8. The molecule has 98 valence electrons. The molecule has 0 unspecified atom stereocenters. The smallest absolute Gasteiger partial charge is 0.273 e. The van der Waals surface area contributed by atoms with Gasteiger partial charge in [0.25, 0.3) is 5.91 Å². The molecule has 2 rings (SSSR count). The third-order valence-corrected chi connectivity index (χ3v) is 3.37. The normalized spacial score (nSPS) is 15.7. The van der Waals surface area contributed by atoms with Crippen LogP contribution in [0.2, 0.25) is 0 Å². The maximum Gasteiger partial charge on any atom is 0.273 e. The number of anilines is 1. The molecule has 0 atom stereocenters. The number of nitrogen functional groups attached to an aromatic ring is 1. The molecule has 6 heteroatoms. The molecule has 18 heavy (non-hydrogen) atoms. The molecule has 1 aliphatic rings. The van der Waals surface area contributed by atoms with Crippen LogP contribution in [0.5, 0.6) is 0 Å². The first-order chi connectivity index (χ1) is 8.70. The Morgan fingerprint density at radius 3 is 2.72 bits per heavy atom. The summed E-state index contributed by atoms with van der Waals surface area (Å²) in [6.45, 7) is 0.803. The van der Waals surface area contributed by atoms with Crippen molar-refractivity contribution in [1.29, 1.82) is 0 Å². The summed E-state index contributed by atoms with van der Waals surface area (Å²) < 4.78 is 0. The van der Waals surface area contributed by atoms with Crippen molar-refractivity contribution >= 4 is 11.7 Å². The lowest BCUT2D eigenvalue weighted by Gasteiger charge is -2.20. The number of nitrogens with one attached hydrogen (secondary N) is 1. The van der Waals surface area contributed by atoms with Crippen LogP contribution in [0.3, 0.4) is 0 Å². The van der Waals surface area contributed by atoms with Gasteiger partial charge in [-0.2, -0.15) is 0 Å². The van der Waals surface area contributed by atoms with Crippen molar-refractivity contribution in [2.24, 2.45) is 11.8 Å². The summed E-state index contributed by atoms with van der Waals surface area (Å²) in [6.07, 6.45) is 7.91. The fourth-order valence-electron chi connectivity index (χ4n) is 2.37. The molecule has 3 N–H and O–H groups in total. The van der Waals surface area contributed by atoms with Gasteiger partial charge in [0.2, 0.25) is 0 Å². The zero-order chi connectivity index (χ0) is 13.0. The van der Waals surface area contributed by atoms with Gasteiger partial charge in [-0.1, -0.05) is 12.8 Å². The van der Waals surface area contributed by atoms with E-state index < -0.39 is 0 Å². The highest BCUT2D eigenvalue weighted by Crippen LogP contribution is 2.25.